The molecule has 0 aliphatic rings. The quantitative estimate of drug-likeness (QED) is 0.210. The second-order valence-corrected chi connectivity index (χ2v) is 9.50. The van der Waals surface area contributed by atoms with E-state index in [1.807, 2.05) is 0 Å². The minimum atomic E-state index is -4.57. The standard InChI is InChI=1S/C25H21F3N6O3S/c26-25(27,28)12-34-17-8-9-38-19(17)11-18(34)22(36)33-20(13-4-2-1-3-5-13)21(35)23(37)30-14-6-7-15-16(10-14)32-24(29)31-15/h1-11,20-21,35H,12H2,(H,30,37)(H,33,36)(H3,29,31,32). The van der Waals surface area contributed by atoms with E-state index in [-0.39, 0.29) is 17.2 Å². The number of aromatic nitrogens is 3. The summed E-state index contributed by atoms with van der Waals surface area (Å²) in [6.07, 6.45) is -6.35. The zero-order valence-corrected chi connectivity index (χ0v) is 20.3. The first-order valence-electron chi connectivity index (χ1n) is 11.3. The zero-order chi connectivity index (χ0) is 27.0. The van der Waals surface area contributed by atoms with Gasteiger partial charge in [0.25, 0.3) is 11.8 Å². The molecule has 9 nitrogen and oxygen atoms in total. The predicted octanol–water partition coefficient (Wildman–Crippen LogP) is 4.19. The monoisotopic (exact) mass is 542 g/mol. The third-order valence-corrected chi connectivity index (χ3v) is 6.74. The number of hydrogen-bond acceptors (Lipinski definition) is 6. The highest BCUT2D eigenvalue weighted by Crippen LogP contribution is 2.30. The van der Waals surface area contributed by atoms with E-state index in [1.54, 1.807) is 53.9 Å². The molecule has 0 radical (unpaired) electrons. The van der Waals surface area contributed by atoms with Crippen molar-refractivity contribution in [2.45, 2.75) is 24.9 Å². The van der Waals surface area contributed by atoms with Crippen LogP contribution in [-0.4, -0.2) is 43.7 Å². The van der Waals surface area contributed by atoms with E-state index >= 15 is 0 Å². The van der Waals surface area contributed by atoms with Gasteiger partial charge in [-0.25, -0.2) is 4.98 Å². The van der Waals surface area contributed by atoms with Gasteiger partial charge < -0.3 is 31.0 Å². The lowest BCUT2D eigenvalue weighted by Gasteiger charge is -2.24. The van der Waals surface area contributed by atoms with Gasteiger partial charge in [0.15, 0.2) is 12.1 Å². The Morgan fingerprint density at radius 2 is 1.89 bits per heavy atom. The summed E-state index contributed by atoms with van der Waals surface area (Å²) in [6.45, 7) is -1.37. The Morgan fingerprint density at radius 1 is 1.13 bits per heavy atom. The molecule has 0 saturated heterocycles. The minimum absolute atomic E-state index is 0.200. The number of amides is 2. The van der Waals surface area contributed by atoms with Crippen molar-refractivity contribution >= 4 is 56.0 Å². The number of nitrogens with two attached hydrogens (primary N) is 1. The van der Waals surface area contributed by atoms with Crippen LogP contribution in [0.4, 0.5) is 24.8 Å². The van der Waals surface area contributed by atoms with Crippen LogP contribution in [0.15, 0.2) is 66.0 Å². The average molecular weight is 543 g/mol. The highest BCUT2D eigenvalue weighted by molar-refractivity contribution is 7.17. The van der Waals surface area contributed by atoms with Crippen LogP contribution in [0.3, 0.4) is 0 Å². The van der Waals surface area contributed by atoms with Crippen molar-refractivity contribution in [1.29, 1.82) is 0 Å². The van der Waals surface area contributed by atoms with Gasteiger partial charge in [-0.1, -0.05) is 30.3 Å². The number of rotatable bonds is 7. The Morgan fingerprint density at radius 3 is 2.63 bits per heavy atom. The fraction of sp³-hybridized carbons (Fsp3) is 0.160. The molecule has 5 rings (SSSR count). The summed E-state index contributed by atoms with van der Waals surface area (Å²) < 4.78 is 41.3. The van der Waals surface area contributed by atoms with Crippen molar-refractivity contribution in [2.75, 3.05) is 11.1 Å². The number of nitrogens with one attached hydrogen (secondary N) is 3. The Labute approximate surface area is 217 Å². The van der Waals surface area contributed by atoms with Crippen LogP contribution >= 0.6 is 11.3 Å². The summed E-state index contributed by atoms with van der Waals surface area (Å²) in [5.41, 5.74) is 7.55. The molecule has 0 bridgehead atoms. The van der Waals surface area contributed by atoms with E-state index in [4.69, 9.17) is 5.73 Å². The van der Waals surface area contributed by atoms with E-state index < -0.39 is 36.7 Å². The van der Waals surface area contributed by atoms with Crippen LogP contribution in [0.1, 0.15) is 22.1 Å². The van der Waals surface area contributed by atoms with Crippen LogP contribution in [0.5, 0.6) is 0 Å². The maximum atomic E-state index is 13.3. The largest absolute Gasteiger partial charge is 0.406 e. The fourth-order valence-corrected chi connectivity index (χ4v) is 5.03. The van der Waals surface area contributed by atoms with Crippen LogP contribution in [0.25, 0.3) is 21.3 Å². The number of halogens is 3. The number of anilines is 2. The maximum absolute atomic E-state index is 13.3. The number of carbonyl (C=O) groups excluding carboxylic acids is 2. The highest BCUT2D eigenvalue weighted by Gasteiger charge is 2.34. The number of benzene rings is 2. The third kappa shape index (κ3) is 5.19. The summed E-state index contributed by atoms with van der Waals surface area (Å²) in [5, 5.41) is 17.8. The number of imidazole rings is 1. The van der Waals surface area contributed by atoms with E-state index in [2.05, 4.69) is 20.6 Å². The topological polar surface area (TPSA) is 138 Å². The highest BCUT2D eigenvalue weighted by atomic mass is 32.1. The molecule has 6 N–H and O–H groups in total. The SMILES string of the molecule is Nc1nc2ccc(NC(=O)C(O)C(NC(=O)c3cc4sccc4n3CC(F)(F)F)c3ccccc3)cc2[nH]1. The Kier molecular flexibility index (Phi) is 6.55. The van der Waals surface area contributed by atoms with Gasteiger partial charge in [-0.2, -0.15) is 13.2 Å². The minimum Gasteiger partial charge on any atom is -0.381 e. The van der Waals surface area contributed by atoms with Crippen molar-refractivity contribution < 1.29 is 27.9 Å². The Hall–Kier alpha value is -4.36. The van der Waals surface area contributed by atoms with Gasteiger partial charge in [0.05, 0.1) is 27.3 Å². The average Bonchev–Trinajstić information content (AvgIpc) is 3.56. The molecular formula is C25H21F3N6O3S. The third-order valence-electron chi connectivity index (χ3n) is 5.89. The number of aliphatic hydroxyl groups excluding tert-OH is 1. The van der Waals surface area contributed by atoms with Gasteiger partial charge in [0.2, 0.25) is 0 Å². The molecule has 38 heavy (non-hydrogen) atoms. The fourth-order valence-electron chi connectivity index (χ4n) is 4.21. The number of alkyl halides is 3. The molecule has 3 heterocycles. The van der Waals surface area contributed by atoms with Crippen molar-refractivity contribution in [1.82, 2.24) is 19.9 Å². The van der Waals surface area contributed by atoms with Crippen molar-refractivity contribution in [2.24, 2.45) is 0 Å². The predicted molar refractivity (Wildman–Crippen MR) is 138 cm³/mol. The summed E-state index contributed by atoms with van der Waals surface area (Å²) in [6, 6.07) is 14.6. The molecular weight excluding hydrogens is 521 g/mol. The lowest BCUT2D eigenvalue weighted by atomic mass is 10.00. The van der Waals surface area contributed by atoms with Gasteiger partial charge in [0.1, 0.15) is 12.2 Å². The number of thiophene rings is 1. The molecule has 13 heteroatoms. The molecule has 0 saturated carbocycles. The Balaban J connectivity index is 1.42. The van der Waals surface area contributed by atoms with Gasteiger partial charge in [-0.15, -0.1) is 11.3 Å². The smallest absolute Gasteiger partial charge is 0.381 e. The first kappa shape index (κ1) is 25.3. The number of H-pyrrole nitrogens is 1. The number of nitrogen functional groups attached to an aromatic ring is 1. The van der Waals surface area contributed by atoms with E-state index in [9.17, 15) is 27.9 Å². The van der Waals surface area contributed by atoms with Gasteiger partial charge in [-0.05, 0) is 41.3 Å². The number of nitrogens with zero attached hydrogens (tertiary/aromatic N) is 2. The molecule has 0 spiro atoms. The van der Waals surface area contributed by atoms with E-state index in [0.29, 0.717) is 27.0 Å². The molecule has 2 unspecified atom stereocenters. The summed E-state index contributed by atoms with van der Waals surface area (Å²) in [4.78, 5) is 33.2. The second kappa shape index (κ2) is 9.84. The van der Waals surface area contributed by atoms with Crippen LogP contribution in [0.2, 0.25) is 0 Å². The van der Waals surface area contributed by atoms with Crippen molar-refractivity contribution in [3.8, 4) is 0 Å². The van der Waals surface area contributed by atoms with Crippen LogP contribution in [-0.2, 0) is 11.3 Å². The van der Waals surface area contributed by atoms with Crippen molar-refractivity contribution in [3.63, 3.8) is 0 Å². The molecule has 196 valence electrons. The van der Waals surface area contributed by atoms with E-state index in [1.165, 1.54) is 23.5 Å². The molecule has 2 amide bonds. The molecule has 0 aliphatic carbocycles. The van der Waals surface area contributed by atoms with Crippen molar-refractivity contribution in [3.05, 3.63) is 77.3 Å². The number of carbonyl (C=O) groups is 2. The zero-order valence-electron chi connectivity index (χ0n) is 19.5. The molecule has 2 atom stereocenters. The number of aromatic amines is 1. The first-order chi connectivity index (χ1) is 18.1. The molecule has 5 aromatic rings. The van der Waals surface area contributed by atoms with Gasteiger partial charge in [0, 0.05) is 5.69 Å². The maximum Gasteiger partial charge on any atom is 0.406 e. The Bertz CT molecular complexity index is 1630. The first-order valence-corrected chi connectivity index (χ1v) is 12.2. The summed E-state index contributed by atoms with van der Waals surface area (Å²) in [5.74, 6) is -1.50. The molecule has 3 aromatic heterocycles. The second-order valence-electron chi connectivity index (χ2n) is 8.55. The van der Waals surface area contributed by atoms with E-state index in [0.717, 1.165) is 4.57 Å². The number of fused-ring (bicyclic) bond motifs is 2. The lowest BCUT2D eigenvalue weighted by Crippen LogP contribution is -2.43. The van der Waals surface area contributed by atoms with Gasteiger partial charge >= 0.3 is 6.18 Å². The normalized spacial score (nSPS) is 13.5. The van der Waals surface area contributed by atoms with Crippen LogP contribution < -0.4 is 16.4 Å². The molecule has 0 fully saturated rings. The summed E-state index contributed by atoms with van der Waals surface area (Å²) >= 11 is 1.20. The lowest BCUT2D eigenvalue weighted by molar-refractivity contribution is -0.140. The number of aliphatic hydroxyl groups is 1. The molecule has 0 aliphatic heterocycles. The molecule has 2 aromatic carbocycles. The van der Waals surface area contributed by atoms with Crippen LogP contribution in [0, 0.1) is 0 Å². The van der Waals surface area contributed by atoms with Gasteiger partial charge in [-0.3, -0.25) is 9.59 Å². The summed E-state index contributed by atoms with van der Waals surface area (Å²) in [7, 11) is 0. The number of hydrogen-bond donors (Lipinski definition) is 5.